The molecular weight excluding hydrogens is 314 g/mol. The molecule has 2 atom stereocenters. The summed E-state index contributed by atoms with van der Waals surface area (Å²) in [4.78, 5) is 0. The van der Waals surface area contributed by atoms with Gasteiger partial charge in [0.15, 0.2) is 0 Å². The molecule has 1 fully saturated rings. The van der Waals surface area contributed by atoms with Gasteiger partial charge in [0.25, 0.3) is 0 Å². The summed E-state index contributed by atoms with van der Waals surface area (Å²) < 4.78 is 11.1. The molecule has 2 aromatic rings. The lowest BCUT2D eigenvalue weighted by Gasteiger charge is -2.22. The first-order valence-corrected chi connectivity index (χ1v) is 9.03. The minimum absolute atomic E-state index is 0.0511. The van der Waals surface area contributed by atoms with Gasteiger partial charge >= 0.3 is 0 Å². The van der Waals surface area contributed by atoms with Gasteiger partial charge in [0, 0.05) is 13.2 Å². The summed E-state index contributed by atoms with van der Waals surface area (Å²) in [7, 11) is 0. The van der Waals surface area contributed by atoms with E-state index in [1.54, 1.807) is 0 Å². The number of rotatable bonds is 9. The molecule has 25 heavy (non-hydrogen) atoms. The first-order valence-electron chi connectivity index (χ1n) is 9.03. The number of hydrogen-bond donors (Lipinski definition) is 2. The topological polar surface area (TPSA) is 50.7 Å². The molecule has 3 rings (SSSR count). The summed E-state index contributed by atoms with van der Waals surface area (Å²) in [6.07, 6.45) is 1.81. The zero-order chi connectivity index (χ0) is 17.3. The van der Waals surface area contributed by atoms with E-state index in [0.717, 1.165) is 19.4 Å². The van der Waals surface area contributed by atoms with Crippen LogP contribution >= 0.6 is 0 Å². The van der Waals surface area contributed by atoms with Crippen LogP contribution in [0.25, 0.3) is 0 Å². The summed E-state index contributed by atoms with van der Waals surface area (Å²) in [6, 6.07) is 20.6. The zero-order valence-electron chi connectivity index (χ0n) is 14.5. The number of benzene rings is 2. The van der Waals surface area contributed by atoms with Crippen molar-refractivity contribution in [3.8, 4) is 0 Å². The third-order valence-electron chi connectivity index (χ3n) is 4.46. The molecule has 0 aromatic heterocycles. The van der Waals surface area contributed by atoms with Crippen LogP contribution in [0.3, 0.4) is 0 Å². The number of aliphatic hydroxyl groups excluding tert-OH is 1. The molecule has 1 aliphatic heterocycles. The fourth-order valence-electron chi connectivity index (χ4n) is 3.14. The van der Waals surface area contributed by atoms with E-state index in [4.69, 9.17) is 9.47 Å². The quantitative estimate of drug-likeness (QED) is 0.736. The van der Waals surface area contributed by atoms with Crippen molar-refractivity contribution >= 4 is 0 Å². The van der Waals surface area contributed by atoms with Crippen LogP contribution in [0, 0.1) is 0 Å². The van der Waals surface area contributed by atoms with E-state index >= 15 is 0 Å². The van der Waals surface area contributed by atoms with Crippen LogP contribution in [-0.2, 0) is 9.47 Å². The molecule has 0 bridgehead atoms. The lowest BCUT2D eigenvalue weighted by atomic mass is 9.98. The molecule has 134 valence electrons. The molecular formula is C21H27NO3. The van der Waals surface area contributed by atoms with Crippen LogP contribution < -0.4 is 5.32 Å². The average Bonchev–Trinajstić information content (AvgIpc) is 3.17. The maximum atomic E-state index is 10.2. The highest BCUT2D eigenvalue weighted by atomic mass is 16.5. The third kappa shape index (κ3) is 5.65. The Kier molecular flexibility index (Phi) is 7.00. The standard InChI is InChI=1S/C21H27NO3/c23-19(15-24-16-20-12-7-13-25-20)14-22-21(17-8-3-1-4-9-17)18-10-5-2-6-11-18/h1-6,8-11,19-23H,7,12-16H2. The molecule has 2 unspecified atom stereocenters. The van der Waals surface area contributed by atoms with E-state index in [-0.39, 0.29) is 12.1 Å². The lowest BCUT2D eigenvalue weighted by Crippen LogP contribution is -2.34. The summed E-state index contributed by atoms with van der Waals surface area (Å²) in [6.45, 7) is 2.19. The number of hydrogen-bond acceptors (Lipinski definition) is 4. The van der Waals surface area contributed by atoms with E-state index < -0.39 is 6.10 Å². The van der Waals surface area contributed by atoms with Gasteiger partial charge in [0.1, 0.15) is 0 Å². The van der Waals surface area contributed by atoms with Crippen molar-refractivity contribution in [3.63, 3.8) is 0 Å². The highest BCUT2D eigenvalue weighted by Crippen LogP contribution is 2.21. The van der Waals surface area contributed by atoms with Gasteiger partial charge < -0.3 is 19.9 Å². The predicted molar refractivity (Wildman–Crippen MR) is 98.5 cm³/mol. The minimum Gasteiger partial charge on any atom is -0.389 e. The second kappa shape index (κ2) is 9.68. The Morgan fingerprint density at radius 1 is 1.04 bits per heavy atom. The Morgan fingerprint density at radius 2 is 1.68 bits per heavy atom. The number of nitrogens with one attached hydrogen (secondary N) is 1. The monoisotopic (exact) mass is 341 g/mol. The second-order valence-electron chi connectivity index (χ2n) is 6.49. The van der Waals surface area contributed by atoms with Crippen molar-refractivity contribution in [1.82, 2.24) is 5.32 Å². The summed E-state index contributed by atoms with van der Waals surface area (Å²) in [5.74, 6) is 0. The van der Waals surface area contributed by atoms with Crippen molar-refractivity contribution in [2.75, 3.05) is 26.4 Å². The van der Waals surface area contributed by atoms with Crippen molar-refractivity contribution < 1.29 is 14.6 Å². The molecule has 4 heteroatoms. The molecule has 1 saturated heterocycles. The Bertz CT molecular complexity index is 560. The molecule has 2 N–H and O–H groups in total. The molecule has 2 aromatic carbocycles. The largest absolute Gasteiger partial charge is 0.389 e. The van der Waals surface area contributed by atoms with Crippen molar-refractivity contribution in [2.24, 2.45) is 0 Å². The van der Waals surface area contributed by atoms with Gasteiger partial charge in [-0.1, -0.05) is 60.7 Å². The highest BCUT2D eigenvalue weighted by Gasteiger charge is 2.17. The molecule has 0 saturated carbocycles. The Hall–Kier alpha value is -1.72. The molecule has 0 spiro atoms. The first-order chi connectivity index (χ1) is 12.3. The van der Waals surface area contributed by atoms with Crippen molar-refractivity contribution in [3.05, 3.63) is 71.8 Å². The molecule has 1 aliphatic rings. The SMILES string of the molecule is OC(CNC(c1ccccc1)c1ccccc1)COCC1CCCO1. The van der Waals surface area contributed by atoms with Gasteiger partial charge in [-0.3, -0.25) is 0 Å². The Balaban J connectivity index is 1.51. The van der Waals surface area contributed by atoms with Gasteiger partial charge in [-0.05, 0) is 24.0 Å². The van der Waals surface area contributed by atoms with Crippen LogP contribution in [0.5, 0.6) is 0 Å². The van der Waals surface area contributed by atoms with E-state index in [0.29, 0.717) is 19.8 Å². The summed E-state index contributed by atoms with van der Waals surface area (Å²) in [5.41, 5.74) is 2.36. The van der Waals surface area contributed by atoms with Crippen LogP contribution in [0.15, 0.2) is 60.7 Å². The minimum atomic E-state index is -0.545. The normalized spacial score (nSPS) is 18.6. The zero-order valence-corrected chi connectivity index (χ0v) is 14.5. The van der Waals surface area contributed by atoms with E-state index in [1.165, 1.54) is 11.1 Å². The maximum absolute atomic E-state index is 10.2. The van der Waals surface area contributed by atoms with Crippen LogP contribution in [0.4, 0.5) is 0 Å². The molecule has 1 heterocycles. The predicted octanol–water partition coefficient (Wildman–Crippen LogP) is 2.92. The summed E-state index contributed by atoms with van der Waals surface area (Å²) in [5, 5.41) is 13.7. The van der Waals surface area contributed by atoms with E-state index in [9.17, 15) is 5.11 Å². The fourth-order valence-corrected chi connectivity index (χ4v) is 3.14. The summed E-state index contributed by atoms with van der Waals surface area (Å²) >= 11 is 0. The average molecular weight is 341 g/mol. The number of ether oxygens (including phenoxy) is 2. The lowest BCUT2D eigenvalue weighted by molar-refractivity contribution is -0.0167. The van der Waals surface area contributed by atoms with Crippen LogP contribution in [0.2, 0.25) is 0 Å². The smallest absolute Gasteiger partial charge is 0.0898 e. The van der Waals surface area contributed by atoms with E-state index in [1.807, 2.05) is 36.4 Å². The Morgan fingerprint density at radius 3 is 2.24 bits per heavy atom. The first kappa shape index (κ1) is 18.1. The molecule has 0 amide bonds. The highest BCUT2D eigenvalue weighted by molar-refractivity contribution is 5.31. The maximum Gasteiger partial charge on any atom is 0.0898 e. The molecule has 0 radical (unpaired) electrons. The van der Waals surface area contributed by atoms with E-state index in [2.05, 4.69) is 29.6 Å². The fraction of sp³-hybridized carbons (Fsp3) is 0.429. The molecule has 0 aliphatic carbocycles. The van der Waals surface area contributed by atoms with Gasteiger partial charge in [0.2, 0.25) is 0 Å². The third-order valence-corrected chi connectivity index (χ3v) is 4.46. The Labute approximate surface area is 149 Å². The van der Waals surface area contributed by atoms with Crippen molar-refractivity contribution in [1.29, 1.82) is 0 Å². The second-order valence-corrected chi connectivity index (χ2v) is 6.49. The number of aliphatic hydroxyl groups is 1. The van der Waals surface area contributed by atoms with Crippen molar-refractivity contribution in [2.45, 2.75) is 31.1 Å². The van der Waals surface area contributed by atoms with Crippen LogP contribution in [0.1, 0.15) is 30.0 Å². The molecule has 4 nitrogen and oxygen atoms in total. The van der Waals surface area contributed by atoms with Gasteiger partial charge in [-0.2, -0.15) is 0 Å². The van der Waals surface area contributed by atoms with Gasteiger partial charge in [0.05, 0.1) is 31.5 Å². The van der Waals surface area contributed by atoms with Gasteiger partial charge in [-0.15, -0.1) is 0 Å². The van der Waals surface area contributed by atoms with Crippen LogP contribution in [-0.4, -0.2) is 43.7 Å². The van der Waals surface area contributed by atoms with Gasteiger partial charge in [-0.25, -0.2) is 0 Å².